The molecule has 15 heavy (non-hydrogen) atoms. The standard InChI is InChI=1S/C6H13O8P/c1-3-4(7)5(8)6(9,14-3)2-13-15(10,11)12/h3-5,7-9H,2H2,1H3,(H2,10,11,12)/p-2/t3-,4+,5+,6+/m0/s1. The molecular formula is C6H11O8P-2. The van der Waals surface area contributed by atoms with E-state index in [9.17, 15) is 29.7 Å². The molecule has 4 atom stereocenters. The van der Waals surface area contributed by atoms with Gasteiger partial charge in [-0.3, -0.25) is 0 Å². The zero-order chi connectivity index (χ0) is 11.9. The van der Waals surface area contributed by atoms with Gasteiger partial charge in [-0.25, -0.2) is 0 Å². The van der Waals surface area contributed by atoms with Crippen LogP contribution >= 0.6 is 7.82 Å². The monoisotopic (exact) mass is 242 g/mol. The second-order valence-corrected chi connectivity index (χ2v) is 4.48. The average molecular weight is 242 g/mol. The van der Waals surface area contributed by atoms with Crippen molar-refractivity contribution in [2.45, 2.75) is 31.0 Å². The first-order chi connectivity index (χ1) is 6.66. The maximum atomic E-state index is 10.1. The van der Waals surface area contributed by atoms with Crippen molar-refractivity contribution in [1.82, 2.24) is 0 Å². The SMILES string of the molecule is C[C@@H]1O[C@](O)(COP(=O)([O-])[O-])[C@H](O)[C@@H]1O. The van der Waals surface area contributed by atoms with Crippen molar-refractivity contribution >= 4 is 7.82 Å². The van der Waals surface area contributed by atoms with Crippen molar-refractivity contribution in [3.8, 4) is 0 Å². The molecule has 9 heteroatoms. The van der Waals surface area contributed by atoms with E-state index >= 15 is 0 Å². The number of hydrogen-bond acceptors (Lipinski definition) is 8. The van der Waals surface area contributed by atoms with Crippen molar-refractivity contribution in [1.29, 1.82) is 0 Å². The summed E-state index contributed by atoms with van der Waals surface area (Å²) in [7, 11) is -5.26. The van der Waals surface area contributed by atoms with Crippen LogP contribution in [-0.2, 0) is 13.8 Å². The highest BCUT2D eigenvalue weighted by molar-refractivity contribution is 7.43. The van der Waals surface area contributed by atoms with Crippen molar-refractivity contribution in [3.63, 3.8) is 0 Å². The topological polar surface area (TPSA) is 142 Å². The van der Waals surface area contributed by atoms with Crippen LogP contribution < -0.4 is 9.79 Å². The lowest BCUT2D eigenvalue weighted by atomic mass is 10.1. The molecular weight excluding hydrogens is 231 g/mol. The maximum Gasteiger partial charge on any atom is 0.219 e. The molecule has 0 aliphatic carbocycles. The van der Waals surface area contributed by atoms with Gasteiger partial charge in [0.2, 0.25) is 5.79 Å². The second-order valence-electron chi connectivity index (χ2n) is 3.32. The lowest BCUT2D eigenvalue weighted by molar-refractivity contribution is -0.350. The van der Waals surface area contributed by atoms with Crippen molar-refractivity contribution in [3.05, 3.63) is 0 Å². The van der Waals surface area contributed by atoms with E-state index in [1.54, 1.807) is 0 Å². The predicted molar refractivity (Wildman–Crippen MR) is 41.1 cm³/mol. The van der Waals surface area contributed by atoms with Gasteiger partial charge >= 0.3 is 0 Å². The Labute approximate surface area is 85.3 Å². The fourth-order valence-electron chi connectivity index (χ4n) is 1.28. The summed E-state index contributed by atoms with van der Waals surface area (Å²) >= 11 is 0. The third kappa shape index (κ3) is 2.96. The first kappa shape index (κ1) is 13.0. The van der Waals surface area contributed by atoms with E-state index in [1.165, 1.54) is 6.92 Å². The van der Waals surface area contributed by atoms with Crippen LogP contribution in [0, 0.1) is 0 Å². The van der Waals surface area contributed by atoms with Gasteiger partial charge in [-0.15, -0.1) is 0 Å². The van der Waals surface area contributed by atoms with Gasteiger partial charge in [-0.1, -0.05) is 0 Å². The van der Waals surface area contributed by atoms with E-state index in [1.807, 2.05) is 0 Å². The molecule has 0 amide bonds. The van der Waals surface area contributed by atoms with Crippen molar-refractivity contribution < 1.29 is 38.9 Å². The first-order valence-electron chi connectivity index (χ1n) is 4.09. The molecule has 0 bridgehead atoms. The average Bonchev–Trinajstić information content (AvgIpc) is 2.27. The summed E-state index contributed by atoms with van der Waals surface area (Å²) in [6.07, 6.45) is -4.01. The summed E-state index contributed by atoms with van der Waals surface area (Å²) in [5, 5.41) is 28.0. The summed E-state index contributed by atoms with van der Waals surface area (Å²) in [5.41, 5.74) is 0. The van der Waals surface area contributed by atoms with Crippen LogP contribution in [0.5, 0.6) is 0 Å². The van der Waals surface area contributed by atoms with E-state index in [2.05, 4.69) is 4.52 Å². The molecule has 0 radical (unpaired) electrons. The smallest absolute Gasteiger partial charge is 0.219 e. The predicted octanol–water partition coefficient (Wildman–Crippen LogP) is -3.34. The van der Waals surface area contributed by atoms with Gasteiger partial charge in [0.05, 0.1) is 13.9 Å². The lowest BCUT2D eigenvalue weighted by Crippen LogP contribution is -2.47. The van der Waals surface area contributed by atoms with Crippen LogP contribution in [0.3, 0.4) is 0 Å². The number of hydrogen-bond donors (Lipinski definition) is 3. The molecule has 1 aliphatic rings. The Morgan fingerprint density at radius 2 is 2.07 bits per heavy atom. The van der Waals surface area contributed by atoms with Crippen molar-refractivity contribution in [2.24, 2.45) is 0 Å². The van der Waals surface area contributed by atoms with Crippen LogP contribution in [0.25, 0.3) is 0 Å². The quantitative estimate of drug-likeness (QED) is 0.436. The summed E-state index contributed by atoms with van der Waals surface area (Å²) in [4.78, 5) is 20.3. The highest BCUT2D eigenvalue weighted by Crippen LogP contribution is 2.33. The fraction of sp³-hybridized carbons (Fsp3) is 1.00. The van der Waals surface area contributed by atoms with Crippen LogP contribution in [0.15, 0.2) is 0 Å². The molecule has 8 nitrogen and oxygen atoms in total. The molecule has 0 aromatic heterocycles. The minimum atomic E-state index is -5.26. The van der Waals surface area contributed by atoms with Crippen molar-refractivity contribution in [2.75, 3.05) is 6.61 Å². The number of aliphatic hydroxyl groups is 3. The molecule has 0 saturated carbocycles. The number of aliphatic hydroxyl groups excluding tert-OH is 2. The maximum absolute atomic E-state index is 10.1. The summed E-state index contributed by atoms with van der Waals surface area (Å²) in [5.74, 6) is -2.39. The second kappa shape index (κ2) is 4.08. The van der Waals surface area contributed by atoms with E-state index < -0.39 is 38.5 Å². The zero-order valence-electron chi connectivity index (χ0n) is 7.77. The molecule has 0 aromatic carbocycles. The molecule has 1 aliphatic heterocycles. The highest BCUT2D eigenvalue weighted by atomic mass is 31.2. The van der Waals surface area contributed by atoms with E-state index in [0.29, 0.717) is 0 Å². The first-order valence-corrected chi connectivity index (χ1v) is 5.55. The molecule has 3 N–H and O–H groups in total. The van der Waals surface area contributed by atoms with Gasteiger partial charge in [0.1, 0.15) is 18.8 Å². The Morgan fingerprint density at radius 3 is 2.40 bits per heavy atom. The number of phosphoric acid groups is 1. The molecule has 0 aromatic rings. The van der Waals surface area contributed by atoms with E-state index in [-0.39, 0.29) is 0 Å². The number of phosphoric ester groups is 1. The number of ether oxygens (including phenoxy) is 1. The summed E-state index contributed by atoms with van der Waals surface area (Å²) in [6, 6.07) is 0. The molecule has 1 fully saturated rings. The lowest BCUT2D eigenvalue weighted by Gasteiger charge is -2.33. The van der Waals surface area contributed by atoms with Gasteiger partial charge in [-0.2, -0.15) is 0 Å². The Balaban J connectivity index is 2.64. The van der Waals surface area contributed by atoms with Crippen LogP contribution in [0.1, 0.15) is 6.92 Å². The zero-order valence-corrected chi connectivity index (χ0v) is 8.66. The van der Waals surface area contributed by atoms with E-state index in [4.69, 9.17) is 4.74 Å². The van der Waals surface area contributed by atoms with Gasteiger partial charge in [-0.05, 0) is 6.92 Å². The summed E-state index contributed by atoms with van der Waals surface area (Å²) < 4.78 is 18.6. The fourth-order valence-corrected chi connectivity index (χ4v) is 1.62. The number of rotatable bonds is 3. The Hall–Kier alpha value is -0.0500. The van der Waals surface area contributed by atoms with Gasteiger partial charge in [0, 0.05) is 0 Å². The van der Waals surface area contributed by atoms with E-state index in [0.717, 1.165) is 0 Å². The molecule has 0 unspecified atom stereocenters. The Bertz CT molecular complexity index is 276. The normalized spacial score (nSPS) is 42.1. The van der Waals surface area contributed by atoms with Crippen LogP contribution in [-0.4, -0.2) is 46.0 Å². The molecule has 1 saturated heterocycles. The Morgan fingerprint density at radius 1 is 1.53 bits per heavy atom. The van der Waals surface area contributed by atoms with Crippen LogP contribution in [0.2, 0.25) is 0 Å². The molecule has 90 valence electrons. The third-order valence-corrected chi connectivity index (χ3v) is 2.53. The van der Waals surface area contributed by atoms with Gasteiger partial charge in [0.15, 0.2) is 0 Å². The van der Waals surface area contributed by atoms with Crippen LogP contribution in [0.4, 0.5) is 0 Å². The van der Waals surface area contributed by atoms with Gasteiger partial charge < -0.3 is 38.9 Å². The van der Waals surface area contributed by atoms with Gasteiger partial charge in [0.25, 0.3) is 0 Å². The summed E-state index contributed by atoms with van der Waals surface area (Å²) in [6.45, 7) is 0.305. The largest absolute Gasteiger partial charge is 0.790 e. The highest BCUT2D eigenvalue weighted by Gasteiger charge is 2.52. The molecule has 1 rings (SSSR count). The third-order valence-electron chi connectivity index (χ3n) is 2.09. The molecule has 0 spiro atoms. The molecule has 1 heterocycles. The Kier molecular flexibility index (Phi) is 3.54. The minimum absolute atomic E-state index is 0.897. The minimum Gasteiger partial charge on any atom is -0.790 e.